The quantitative estimate of drug-likeness (QED) is 0.819. The highest BCUT2D eigenvalue weighted by Crippen LogP contribution is 2.18. The molecule has 124 valence electrons. The van der Waals surface area contributed by atoms with E-state index in [0.29, 0.717) is 5.92 Å². The molecule has 1 saturated heterocycles. The predicted molar refractivity (Wildman–Crippen MR) is 84.5 cm³/mol. The molecule has 2 atom stereocenters. The van der Waals surface area contributed by atoms with Gasteiger partial charge in [0.2, 0.25) is 0 Å². The Morgan fingerprint density at radius 2 is 2.14 bits per heavy atom. The van der Waals surface area contributed by atoms with Crippen molar-refractivity contribution in [3.63, 3.8) is 0 Å². The topological polar surface area (TPSA) is 50.8 Å². The fourth-order valence-corrected chi connectivity index (χ4v) is 2.56. The first-order chi connectivity index (χ1) is 9.81. The van der Waals surface area contributed by atoms with Gasteiger partial charge in [0.15, 0.2) is 0 Å². The molecule has 1 amide bonds. The third kappa shape index (κ3) is 7.67. The molecule has 0 radical (unpaired) electrons. The largest absolute Gasteiger partial charge is 0.444 e. The Bertz CT molecular complexity index is 315. The summed E-state index contributed by atoms with van der Waals surface area (Å²) in [6.45, 7) is 13.9. The van der Waals surface area contributed by atoms with Gasteiger partial charge in [-0.05, 0) is 59.9 Å². The van der Waals surface area contributed by atoms with Crippen LogP contribution in [0, 0.1) is 5.92 Å². The first-order valence-corrected chi connectivity index (χ1v) is 8.12. The second-order valence-electron chi connectivity index (χ2n) is 6.86. The number of piperidine rings is 1. The molecule has 0 aromatic carbocycles. The molecule has 1 aliphatic rings. The Morgan fingerprint density at radius 1 is 1.43 bits per heavy atom. The van der Waals surface area contributed by atoms with Crippen molar-refractivity contribution in [2.75, 3.05) is 32.8 Å². The fourth-order valence-electron chi connectivity index (χ4n) is 2.56. The van der Waals surface area contributed by atoms with E-state index in [1.807, 2.05) is 32.6 Å². The van der Waals surface area contributed by atoms with Gasteiger partial charge in [0.05, 0.1) is 6.10 Å². The Labute approximate surface area is 129 Å². The molecule has 2 unspecified atom stereocenters. The van der Waals surface area contributed by atoms with E-state index < -0.39 is 5.60 Å². The van der Waals surface area contributed by atoms with Crippen molar-refractivity contribution in [3.05, 3.63) is 0 Å². The number of carbonyl (C=O) groups excluding carboxylic acids is 1. The minimum atomic E-state index is -0.421. The lowest BCUT2D eigenvalue weighted by molar-refractivity contribution is 0.0162. The molecule has 5 nitrogen and oxygen atoms in total. The number of hydrogen-bond donors (Lipinski definition) is 1. The molecular formula is C16H32N2O3. The van der Waals surface area contributed by atoms with Gasteiger partial charge in [-0.3, -0.25) is 0 Å². The van der Waals surface area contributed by atoms with Gasteiger partial charge in [-0.15, -0.1) is 0 Å². The van der Waals surface area contributed by atoms with E-state index in [1.54, 1.807) is 0 Å². The lowest BCUT2D eigenvalue weighted by atomic mass is 9.98. The molecule has 1 N–H and O–H groups in total. The van der Waals surface area contributed by atoms with Gasteiger partial charge < -0.3 is 19.7 Å². The van der Waals surface area contributed by atoms with Gasteiger partial charge in [0, 0.05) is 26.2 Å². The number of hydrogen-bond acceptors (Lipinski definition) is 4. The molecule has 0 aliphatic carbocycles. The number of carbonyl (C=O) groups is 1. The highest BCUT2D eigenvalue weighted by Gasteiger charge is 2.27. The maximum Gasteiger partial charge on any atom is 0.410 e. The summed E-state index contributed by atoms with van der Waals surface area (Å²) in [7, 11) is 0. The number of amides is 1. The van der Waals surface area contributed by atoms with Crippen LogP contribution < -0.4 is 5.32 Å². The molecule has 1 aliphatic heterocycles. The van der Waals surface area contributed by atoms with Crippen LogP contribution in [0.1, 0.15) is 47.5 Å². The molecule has 1 heterocycles. The van der Waals surface area contributed by atoms with Crippen molar-refractivity contribution < 1.29 is 14.3 Å². The molecule has 1 fully saturated rings. The van der Waals surface area contributed by atoms with Gasteiger partial charge in [-0.2, -0.15) is 0 Å². The second kappa shape index (κ2) is 8.59. The number of nitrogens with one attached hydrogen (secondary N) is 1. The first kappa shape index (κ1) is 18.2. The summed E-state index contributed by atoms with van der Waals surface area (Å²) in [6.07, 6.45) is 2.26. The Kier molecular flexibility index (Phi) is 7.46. The number of nitrogens with zero attached hydrogens (tertiary/aromatic N) is 1. The average molecular weight is 300 g/mol. The molecule has 0 bridgehead atoms. The van der Waals surface area contributed by atoms with Crippen molar-refractivity contribution >= 4 is 6.09 Å². The average Bonchev–Trinajstić information content (AvgIpc) is 2.37. The lowest BCUT2D eigenvalue weighted by Gasteiger charge is -2.34. The van der Waals surface area contributed by atoms with Crippen molar-refractivity contribution in [1.82, 2.24) is 10.2 Å². The van der Waals surface area contributed by atoms with E-state index in [1.165, 1.54) is 0 Å². The van der Waals surface area contributed by atoms with Crippen LogP contribution in [-0.2, 0) is 9.47 Å². The monoisotopic (exact) mass is 300 g/mol. The second-order valence-corrected chi connectivity index (χ2v) is 6.86. The summed E-state index contributed by atoms with van der Waals surface area (Å²) >= 11 is 0. The molecule has 21 heavy (non-hydrogen) atoms. The molecule has 1 rings (SSSR count). The molecule has 0 aromatic heterocycles. The zero-order valence-electron chi connectivity index (χ0n) is 14.3. The van der Waals surface area contributed by atoms with Crippen LogP contribution in [0.15, 0.2) is 0 Å². The number of likely N-dealkylation sites (tertiary alicyclic amines) is 1. The van der Waals surface area contributed by atoms with Crippen LogP contribution in [0.3, 0.4) is 0 Å². The van der Waals surface area contributed by atoms with Crippen molar-refractivity contribution in [2.45, 2.75) is 59.2 Å². The highest BCUT2D eigenvalue weighted by atomic mass is 16.6. The van der Waals surface area contributed by atoms with Gasteiger partial charge in [0.1, 0.15) is 5.60 Å². The maximum atomic E-state index is 12.1. The zero-order valence-corrected chi connectivity index (χ0v) is 14.3. The summed E-state index contributed by atoms with van der Waals surface area (Å²) in [4.78, 5) is 13.9. The van der Waals surface area contributed by atoms with E-state index in [2.05, 4.69) is 12.2 Å². The molecule has 0 saturated carbocycles. The van der Waals surface area contributed by atoms with E-state index in [4.69, 9.17) is 9.47 Å². The van der Waals surface area contributed by atoms with Crippen molar-refractivity contribution in [2.24, 2.45) is 5.92 Å². The maximum absolute atomic E-state index is 12.1. The van der Waals surface area contributed by atoms with Crippen LogP contribution in [0.2, 0.25) is 0 Å². The Morgan fingerprint density at radius 3 is 2.76 bits per heavy atom. The van der Waals surface area contributed by atoms with Crippen LogP contribution in [-0.4, -0.2) is 55.5 Å². The van der Waals surface area contributed by atoms with Gasteiger partial charge in [-0.1, -0.05) is 0 Å². The lowest BCUT2D eigenvalue weighted by Crippen LogP contribution is -2.45. The van der Waals surface area contributed by atoms with Gasteiger partial charge in [0.25, 0.3) is 0 Å². The smallest absolute Gasteiger partial charge is 0.410 e. The zero-order chi connectivity index (χ0) is 15.9. The summed E-state index contributed by atoms with van der Waals surface area (Å²) in [5.41, 5.74) is -0.421. The van der Waals surface area contributed by atoms with Crippen LogP contribution in [0.4, 0.5) is 4.79 Å². The minimum Gasteiger partial charge on any atom is -0.444 e. The third-order valence-corrected chi connectivity index (χ3v) is 3.49. The van der Waals surface area contributed by atoms with E-state index in [-0.39, 0.29) is 12.2 Å². The predicted octanol–water partition coefficient (Wildman–Crippen LogP) is 2.65. The van der Waals surface area contributed by atoms with Gasteiger partial charge in [-0.25, -0.2) is 4.79 Å². The summed E-state index contributed by atoms with van der Waals surface area (Å²) in [5.74, 6) is 0.500. The summed E-state index contributed by atoms with van der Waals surface area (Å²) < 4.78 is 10.9. The molecule has 5 heteroatoms. The highest BCUT2D eigenvalue weighted by molar-refractivity contribution is 5.68. The Balaban J connectivity index is 2.30. The minimum absolute atomic E-state index is 0.185. The van der Waals surface area contributed by atoms with Crippen LogP contribution in [0.25, 0.3) is 0 Å². The summed E-state index contributed by atoms with van der Waals surface area (Å²) in [5, 5.41) is 3.44. The SMILES string of the molecule is CCOC(C)CNCC1CCCN(C(=O)OC(C)(C)C)C1. The molecule has 0 aromatic rings. The number of rotatable bonds is 6. The normalized spacial score (nSPS) is 21.2. The van der Waals surface area contributed by atoms with Crippen molar-refractivity contribution in [3.8, 4) is 0 Å². The molecular weight excluding hydrogens is 268 g/mol. The molecule has 0 spiro atoms. The van der Waals surface area contributed by atoms with E-state index in [0.717, 1.165) is 45.6 Å². The Hall–Kier alpha value is -0.810. The summed E-state index contributed by atoms with van der Waals surface area (Å²) in [6, 6.07) is 0. The van der Waals surface area contributed by atoms with Gasteiger partial charge >= 0.3 is 6.09 Å². The fraction of sp³-hybridized carbons (Fsp3) is 0.938. The van der Waals surface area contributed by atoms with E-state index in [9.17, 15) is 4.79 Å². The van der Waals surface area contributed by atoms with Crippen LogP contribution in [0.5, 0.6) is 0 Å². The number of ether oxygens (including phenoxy) is 2. The third-order valence-electron chi connectivity index (χ3n) is 3.49. The standard InChI is InChI=1S/C16H32N2O3/c1-6-20-13(2)10-17-11-14-8-7-9-18(12-14)15(19)21-16(3,4)5/h13-14,17H,6-12H2,1-5H3. The van der Waals surface area contributed by atoms with Crippen molar-refractivity contribution in [1.29, 1.82) is 0 Å². The van der Waals surface area contributed by atoms with Crippen LogP contribution >= 0.6 is 0 Å². The first-order valence-electron chi connectivity index (χ1n) is 8.12. The van der Waals surface area contributed by atoms with E-state index >= 15 is 0 Å².